The number of benzene rings is 1. The molecule has 1 aromatic carbocycles. The molecule has 20 heavy (non-hydrogen) atoms. The van der Waals surface area contributed by atoms with Gasteiger partial charge in [0.1, 0.15) is 0 Å². The van der Waals surface area contributed by atoms with Crippen LogP contribution in [0.5, 0.6) is 0 Å². The summed E-state index contributed by atoms with van der Waals surface area (Å²) in [7, 11) is 0. The van der Waals surface area contributed by atoms with Crippen molar-refractivity contribution in [1.82, 2.24) is 10.3 Å². The van der Waals surface area contributed by atoms with Crippen LogP contribution in [0.3, 0.4) is 0 Å². The highest BCUT2D eigenvalue weighted by molar-refractivity contribution is 5.93. The summed E-state index contributed by atoms with van der Waals surface area (Å²) in [6, 6.07) is 12.1. The fraction of sp³-hybridized carbons (Fsp3) is 0.294. The molecular weight excluding hydrogens is 248 g/mol. The maximum absolute atomic E-state index is 11.9. The largest absolute Gasteiger partial charge is 0.352 e. The lowest BCUT2D eigenvalue weighted by Gasteiger charge is -2.12. The van der Waals surface area contributed by atoms with Crippen LogP contribution in [0.4, 0.5) is 0 Å². The fourth-order valence-electron chi connectivity index (χ4n) is 2.91. The van der Waals surface area contributed by atoms with Crippen LogP contribution in [0.1, 0.15) is 40.2 Å². The Morgan fingerprint density at radius 3 is 2.85 bits per heavy atom. The molecule has 102 valence electrons. The highest BCUT2D eigenvalue weighted by atomic mass is 16.1. The van der Waals surface area contributed by atoms with Gasteiger partial charge >= 0.3 is 0 Å². The maximum Gasteiger partial charge on any atom is 0.251 e. The van der Waals surface area contributed by atoms with Crippen molar-refractivity contribution in [2.75, 3.05) is 6.54 Å². The normalized spacial score (nSPS) is 16.7. The van der Waals surface area contributed by atoms with Crippen molar-refractivity contribution in [3.8, 4) is 0 Å². The van der Waals surface area contributed by atoms with Gasteiger partial charge in [-0.15, -0.1) is 0 Å². The second-order valence-electron chi connectivity index (χ2n) is 5.21. The molecule has 0 radical (unpaired) electrons. The molecule has 0 saturated heterocycles. The molecule has 1 N–H and O–H groups in total. The maximum atomic E-state index is 11.9. The molecule has 0 bridgehead atoms. The third kappa shape index (κ3) is 2.72. The molecule has 3 heteroatoms. The molecule has 1 aliphatic carbocycles. The monoisotopic (exact) mass is 266 g/mol. The zero-order valence-electron chi connectivity index (χ0n) is 11.4. The lowest BCUT2D eigenvalue weighted by molar-refractivity contribution is 0.0952. The molecule has 3 nitrogen and oxygen atoms in total. The number of rotatable bonds is 4. The second kappa shape index (κ2) is 5.87. The summed E-state index contributed by atoms with van der Waals surface area (Å²) in [6.07, 6.45) is 6.65. The van der Waals surface area contributed by atoms with Crippen molar-refractivity contribution in [3.05, 3.63) is 65.5 Å². The Balaban J connectivity index is 1.53. The van der Waals surface area contributed by atoms with Gasteiger partial charge in [-0.3, -0.25) is 9.78 Å². The molecule has 1 amide bonds. The van der Waals surface area contributed by atoms with Gasteiger partial charge in [-0.25, -0.2) is 0 Å². The van der Waals surface area contributed by atoms with E-state index in [0.29, 0.717) is 11.5 Å². The van der Waals surface area contributed by atoms with E-state index in [2.05, 4.69) is 34.6 Å². The zero-order valence-corrected chi connectivity index (χ0v) is 11.4. The number of nitrogens with one attached hydrogen (secondary N) is 1. The number of nitrogens with zero attached hydrogens (tertiary/aromatic N) is 1. The van der Waals surface area contributed by atoms with Gasteiger partial charge in [0, 0.05) is 24.5 Å². The van der Waals surface area contributed by atoms with Crippen LogP contribution in [0.15, 0.2) is 48.8 Å². The average Bonchev–Trinajstić information content (AvgIpc) is 2.92. The molecule has 0 spiro atoms. The number of aryl methyl sites for hydroxylation is 1. The Labute approximate surface area is 119 Å². The Bertz CT molecular complexity index is 595. The minimum atomic E-state index is -0.0151. The Kier molecular flexibility index (Phi) is 3.77. The van der Waals surface area contributed by atoms with Gasteiger partial charge in [0.25, 0.3) is 5.91 Å². The SMILES string of the molecule is O=C(NCCC1CCc2ccccc21)c1ccncc1. The molecule has 1 heterocycles. The summed E-state index contributed by atoms with van der Waals surface area (Å²) in [4.78, 5) is 15.8. The third-order valence-corrected chi connectivity index (χ3v) is 3.98. The molecule has 1 unspecified atom stereocenters. The molecular formula is C17H18N2O. The summed E-state index contributed by atoms with van der Waals surface area (Å²) in [5.41, 5.74) is 3.61. The predicted molar refractivity (Wildman–Crippen MR) is 78.7 cm³/mol. The number of carbonyl (C=O) groups is 1. The number of carbonyl (C=O) groups excluding carboxylic acids is 1. The second-order valence-corrected chi connectivity index (χ2v) is 5.21. The summed E-state index contributed by atoms with van der Waals surface area (Å²) >= 11 is 0. The van der Waals surface area contributed by atoms with E-state index in [1.807, 2.05) is 0 Å². The van der Waals surface area contributed by atoms with Crippen molar-refractivity contribution in [1.29, 1.82) is 0 Å². The van der Waals surface area contributed by atoms with Crippen molar-refractivity contribution in [3.63, 3.8) is 0 Å². The van der Waals surface area contributed by atoms with Crippen LogP contribution in [0.2, 0.25) is 0 Å². The first-order valence-electron chi connectivity index (χ1n) is 7.10. The predicted octanol–water partition coefficient (Wildman–Crippen LogP) is 2.93. The quantitative estimate of drug-likeness (QED) is 0.924. The Morgan fingerprint density at radius 1 is 1.20 bits per heavy atom. The van der Waals surface area contributed by atoms with Crippen LogP contribution in [0.25, 0.3) is 0 Å². The molecule has 0 aliphatic heterocycles. The molecule has 0 fully saturated rings. The Hall–Kier alpha value is -2.16. The first-order chi connectivity index (χ1) is 9.84. The number of amides is 1. The molecule has 2 aromatic rings. The van der Waals surface area contributed by atoms with Gasteiger partial charge < -0.3 is 5.32 Å². The fourth-order valence-corrected chi connectivity index (χ4v) is 2.91. The lowest BCUT2D eigenvalue weighted by Crippen LogP contribution is -2.25. The standard InChI is InChI=1S/C17H18N2O/c20-17(15-7-10-18-11-8-15)19-12-9-14-6-5-13-3-1-2-4-16(13)14/h1-4,7-8,10-11,14H,5-6,9,12H2,(H,19,20). The molecule has 3 rings (SSSR count). The summed E-state index contributed by atoms with van der Waals surface area (Å²) < 4.78 is 0. The number of fused-ring (bicyclic) bond motifs is 1. The van der Waals surface area contributed by atoms with E-state index in [4.69, 9.17) is 0 Å². The topological polar surface area (TPSA) is 42.0 Å². The summed E-state index contributed by atoms with van der Waals surface area (Å²) in [6.45, 7) is 0.722. The van der Waals surface area contributed by atoms with Crippen molar-refractivity contribution in [2.45, 2.75) is 25.2 Å². The highest BCUT2D eigenvalue weighted by Crippen LogP contribution is 2.34. The van der Waals surface area contributed by atoms with E-state index < -0.39 is 0 Å². The van der Waals surface area contributed by atoms with Crippen molar-refractivity contribution in [2.24, 2.45) is 0 Å². The molecule has 1 aliphatic rings. The minimum absolute atomic E-state index is 0.0151. The minimum Gasteiger partial charge on any atom is -0.352 e. The molecule has 1 atom stereocenters. The number of hydrogen-bond acceptors (Lipinski definition) is 2. The van der Waals surface area contributed by atoms with E-state index >= 15 is 0 Å². The average molecular weight is 266 g/mol. The summed E-state index contributed by atoms with van der Waals surface area (Å²) in [5, 5.41) is 2.99. The first kappa shape index (κ1) is 12.9. The number of pyridine rings is 1. The zero-order chi connectivity index (χ0) is 13.8. The first-order valence-corrected chi connectivity index (χ1v) is 7.10. The van der Waals surface area contributed by atoms with E-state index in [1.54, 1.807) is 24.5 Å². The summed E-state index contributed by atoms with van der Waals surface area (Å²) in [5.74, 6) is 0.572. The highest BCUT2D eigenvalue weighted by Gasteiger charge is 2.21. The van der Waals surface area contributed by atoms with Crippen LogP contribution in [0, 0.1) is 0 Å². The Morgan fingerprint density at radius 2 is 2.00 bits per heavy atom. The molecule has 0 saturated carbocycles. The van der Waals surface area contributed by atoms with Gasteiger partial charge in [0.05, 0.1) is 0 Å². The van der Waals surface area contributed by atoms with Gasteiger partial charge in [-0.05, 0) is 48.4 Å². The van der Waals surface area contributed by atoms with Gasteiger partial charge in [-0.2, -0.15) is 0 Å². The van der Waals surface area contributed by atoms with Crippen molar-refractivity contribution >= 4 is 5.91 Å². The number of aromatic nitrogens is 1. The van der Waals surface area contributed by atoms with Gasteiger partial charge in [0.15, 0.2) is 0 Å². The van der Waals surface area contributed by atoms with E-state index in [-0.39, 0.29) is 5.91 Å². The van der Waals surface area contributed by atoms with Crippen LogP contribution < -0.4 is 5.32 Å². The van der Waals surface area contributed by atoms with E-state index in [9.17, 15) is 4.79 Å². The van der Waals surface area contributed by atoms with Crippen molar-refractivity contribution < 1.29 is 4.79 Å². The van der Waals surface area contributed by atoms with Crippen LogP contribution >= 0.6 is 0 Å². The van der Waals surface area contributed by atoms with E-state index in [0.717, 1.165) is 13.0 Å². The van der Waals surface area contributed by atoms with E-state index in [1.165, 1.54) is 24.0 Å². The number of hydrogen-bond donors (Lipinski definition) is 1. The smallest absolute Gasteiger partial charge is 0.251 e. The van der Waals surface area contributed by atoms with Gasteiger partial charge in [0.2, 0.25) is 0 Å². The lowest BCUT2D eigenvalue weighted by atomic mass is 9.98. The van der Waals surface area contributed by atoms with Crippen LogP contribution in [-0.2, 0) is 6.42 Å². The van der Waals surface area contributed by atoms with Gasteiger partial charge in [-0.1, -0.05) is 24.3 Å². The van der Waals surface area contributed by atoms with Crippen LogP contribution in [-0.4, -0.2) is 17.4 Å². The molecule has 1 aromatic heterocycles. The third-order valence-electron chi connectivity index (χ3n) is 3.98.